The van der Waals surface area contributed by atoms with Gasteiger partial charge in [0.2, 0.25) is 0 Å². The first kappa shape index (κ1) is 21.2. The maximum atomic E-state index is 5.92. The van der Waals surface area contributed by atoms with Crippen molar-refractivity contribution >= 4 is 29.9 Å². The van der Waals surface area contributed by atoms with Gasteiger partial charge in [0.05, 0.1) is 19.8 Å². The van der Waals surface area contributed by atoms with Crippen molar-refractivity contribution in [2.45, 2.75) is 31.5 Å². The molecular weight excluding hydrogens is 445 g/mol. The van der Waals surface area contributed by atoms with Gasteiger partial charge in [-0.15, -0.1) is 24.0 Å². The number of hydrogen-bond donors (Lipinski definition) is 1. The number of aliphatic imine (C=N–C) groups is 1. The predicted octanol–water partition coefficient (Wildman–Crippen LogP) is 2.31. The lowest BCUT2D eigenvalue weighted by Gasteiger charge is -2.37. The van der Waals surface area contributed by atoms with Gasteiger partial charge in [-0.05, 0) is 37.0 Å². The molecule has 1 N–H and O–H groups in total. The van der Waals surface area contributed by atoms with E-state index in [0.29, 0.717) is 0 Å². The number of ether oxygens (including phenoxy) is 3. The number of rotatable bonds is 5. The molecule has 2 aliphatic rings. The van der Waals surface area contributed by atoms with Crippen molar-refractivity contribution < 1.29 is 14.2 Å². The quantitative estimate of drug-likeness (QED) is 0.403. The van der Waals surface area contributed by atoms with Gasteiger partial charge in [0, 0.05) is 33.3 Å². The highest BCUT2D eigenvalue weighted by atomic mass is 127. The normalized spacial score (nSPS) is 23.5. The zero-order chi connectivity index (χ0) is 17.5. The van der Waals surface area contributed by atoms with Gasteiger partial charge in [-0.3, -0.25) is 4.99 Å². The molecule has 0 spiro atoms. The van der Waals surface area contributed by atoms with E-state index in [9.17, 15) is 0 Å². The second-order valence-corrected chi connectivity index (χ2v) is 6.48. The third-order valence-corrected chi connectivity index (χ3v) is 4.82. The Morgan fingerprint density at radius 1 is 1.31 bits per heavy atom. The molecule has 7 heteroatoms. The van der Waals surface area contributed by atoms with Crippen LogP contribution >= 0.6 is 24.0 Å². The van der Waals surface area contributed by atoms with E-state index in [1.807, 2.05) is 19.2 Å². The van der Waals surface area contributed by atoms with E-state index in [2.05, 4.69) is 27.3 Å². The van der Waals surface area contributed by atoms with Crippen molar-refractivity contribution in [3.63, 3.8) is 0 Å². The summed E-state index contributed by atoms with van der Waals surface area (Å²) in [6, 6.07) is 8.19. The van der Waals surface area contributed by atoms with E-state index >= 15 is 0 Å². The molecule has 2 fully saturated rings. The number of guanidine groups is 1. The Hall–Kier alpha value is -1.06. The minimum atomic E-state index is 0. The fraction of sp³-hybridized carbons (Fsp3) is 0.632. The van der Waals surface area contributed by atoms with E-state index in [1.165, 1.54) is 5.56 Å². The molecule has 3 rings (SSSR count). The van der Waals surface area contributed by atoms with Gasteiger partial charge in [0.15, 0.2) is 5.96 Å². The summed E-state index contributed by atoms with van der Waals surface area (Å²) in [5, 5.41) is 3.47. The highest BCUT2D eigenvalue weighted by Crippen LogP contribution is 2.21. The van der Waals surface area contributed by atoms with Crippen LogP contribution in [0.3, 0.4) is 0 Å². The Bertz CT molecular complexity index is 579. The van der Waals surface area contributed by atoms with Gasteiger partial charge in [0.1, 0.15) is 11.9 Å². The lowest BCUT2D eigenvalue weighted by molar-refractivity contribution is -0.0816. The topological polar surface area (TPSA) is 55.3 Å². The van der Waals surface area contributed by atoms with E-state index in [-0.39, 0.29) is 36.2 Å². The number of morpholine rings is 1. The van der Waals surface area contributed by atoms with Crippen LogP contribution in [0.1, 0.15) is 18.4 Å². The van der Waals surface area contributed by atoms with Gasteiger partial charge in [-0.1, -0.05) is 12.1 Å². The second kappa shape index (κ2) is 10.9. The van der Waals surface area contributed by atoms with Crippen LogP contribution in [0.5, 0.6) is 5.75 Å². The average Bonchev–Trinajstić information content (AvgIpc) is 3.20. The summed E-state index contributed by atoms with van der Waals surface area (Å²) in [4.78, 5) is 6.73. The van der Waals surface area contributed by atoms with Crippen molar-refractivity contribution in [3.8, 4) is 5.75 Å². The number of halogens is 1. The molecule has 6 nitrogen and oxygen atoms in total. The van der Waals surface area contributed by atoms with Crippen LogP contribution in [-0.2, 0) is 15.9 Å². The second-order valence-electron chi connectivity index (χ2n) is 6.48. The summed E-state index contributed by atoms with van der Waals surface area (Å²) in [6.45, 7) is 4.12. The lowest BCUT2D eigenvalue weighted by Crippen LogP contribution is -2.53. The van der Waals surface area contributed by atoms with Crippen LogP contribution in [0.25, 0.3) is 0 Å². The summed E-state index contributed by atoms with van der Waals surface area (Å²) in [5.41, 5.74) is 1.25. The van der Waals surface area contributed by atoms with Gasteiger partial charge in [0.25, 0.3) is 0 Å². The highest BCUT2D eigenvalue weighted by Gasteiger charge is 2.32. The van der Waals surface area contributed by atoms with E-state index in [0.717, 1.165) is 63.8 Å². The van der Waals surface area contributed by atoms with E-state index < -0.39 is 0 Å². The maximum Gasteiger partial charge on any atom is 0.193 e. The van der Waals surface area contributed by atoms with E-state index in [1.54, 1.807) is 7.11 Å². The van der Waals surface area contributed by atoms with Crippen LogP contribution < -0.4 is 10.1 Å². The molecule has 146 valence electrons. The minimum Gasteiger partial charge on any atom is -0.497 e. The smallest absolute Gasteiger partial charge is 0.193 e. The number of hydrogen-bond acceptors (Lipinski definition) is 4. The van der Waals surface area contributed by atoms with Crippen LogP contribution in [0, 0.1) is 0 Å². The predicted molar refractivity (Wildman–Crippen MR) is 114 cm³/mol. The van der Waals surface area contributed by atoms with Crippen molar-refractivity contribution in [1.82, 2.24) is 10.2 Å². The van der Waals surface area contributed by atoms with Crippen LogP contribution in [0.2, 0.25) is 0 Å². The highest BCUT2D eigenvalue weighted by molar-refractivity contribution is 14.0. The van der Waals surface area contributed by atoms with Crippen molar-refractivity contribution in [1.29, 1.82) is 0 Å². The first-order chi connectivity index (χ1) is 12.3. The molecule has 1 aromatic carbocycles. The number of nitrogens with one attached hydrogen (secondary N) is 1. The van der Waals surface area contributed by atoms with Crippen molar-refractivity contribution in [3.05, 3.63) is 29.8 Å². The van der Waals surface area contributed by atoms with Crippen LogP contribution in [0.4, 0.5) is 0 Å². The molecule has 0 aliphatic carbocycles. The SMILES string of the molecule is CN=C(NCCc1cccc(OC)c1)N1CCOC(C2CCCO2)C1.I. The van der Waals surface area contributed by atoms with Gasteiger partial charge < -0.3 is 24.4 Å². The summed E-state index contributed by atoms with van der Waals surface area (Å²) >= 11 is 0. The summed E-state index contributed by atoms with van der Waals surface area (Å²) in [5.74, 6) is 1.84. The number of nitrogens with zero attached hydrogens (tertiary/aromatic N) is 2. The van der Waals surface area contributed by atoms with Crippen LogP contribution in [-0.4, -0.2) is 70.1 Å². The third kappa shape index (κ3) is 5.72. The molecule has 0 radical (unpaired) electrons. The summed E-state index contributed by atoms with van der Waals surface area (Å²) < 4.78 is 17.0. The first-order valence-electron chi connectivity index (χ1n) is 9.12. The molecule has 1 aromatic rings. The molecule has 26 heavy (non-hydrogen) atoms. The molecule has 0 saturated carbocycles. The Labute approximate surface area is 173 Å². The number of methoxy groups -OCH3 is 1. The van der Waals surface area contributed by atoms with Crippen molar-refractivity contribution in [2.75, 3.05) is 47.0 Å². The standard InChI is InChI=1S/C19H29N3O3.HI/c1-20-19(21-9-8-15-5-3-6-16(13-15)23-2)22-10-12-25-18(14-22)17-7-4-11-24-17;/h3,5-6,13,17-18H,4,7-12,14H2,1-2H3,(H,20,21);1H. The molecule has 0 amide bonds. The maximum absolute atomic E-state index is 5.92. The number of benzene rings is 1. The summed E-state index contributed by atoms with van der Waals surface area (Å²) in [6.07, 6.45) is 3.54. The zero-order valence-electron chi connectivity index (χ0n) is 15.6. The fourth-order valence-corrected chi connectivity index (χ4v) is 3.47. The zero-order valence-corrected chi connectivity index (χ0v) is 18.0. The fourth-order valence-electron chi connectivity index (χ4n) is 3.47. The molecular formula is C19H30IN3O3. The van der Waals surface area contributed by atoms with Gasteiger partial charge >= 0.3 is 0 Å². The monoisotopic (exact) mass is 475 g/mol. The first-order valence-corrected chi connectivity index (χ1v) is 9.12. The molecule has 2 unspecified atom stereocenters. The Morgan fingerprint density at radius 3 is 2.88 bits per heavy atom. The van der Waals surface area contributed by atoms with Crippen LogP contribution in [0.15, 0.2) is 29.3 Å². The Kier molecular flexibility index (Phi) is 8.94. The van der Waals surface area contributed by atoms with E-state index in [4.69, 9.17) is 14.2 Å². The van der Waals surface area contributed by atoms with Gasteiger partial charge in [-0.2, -0.15) is 0 Å². The molecule has 2 atom stereocenters. The average molecular weight is 475 g/mol. The molecule has 2 aliphatic heterocycles. The summed E-state index contributed by atoms with van der Waals surface area (Å²) in [7, 11) is 3.53. The van der Waals surface area contributed by atoms with Gasteiger partial charge in [-0.25, -0.2) is 0 Å². The minimum absolute atomic E-state index is 0. The molecule has 2 heterocycles. The molecule has 0 aromatic heterocycles. The molecule has 0 bridgehead atoms. The third-order valence-electron chi connectivity index (χ3n) is 4.82. The van der Waals surface area contributed by atoms with Crippen molar-refractivity contribution in [2.24, 2.45) is 4.99 Å². The Balaban J connectivity index is 0.00000243. The largest absolute Gasteiger partial charge is 0.497 e. The lowest BCUT2D eigenvalue weighted by atomic mass is 10.1. The Morgan fingerprint density at radius 2 is 2.15 bits per heavy atom. The molecule has 2 saturated heterocycles.